The second-order valence-corrected chi connectivity index (χ2v) is 6.82. The Hall–Kier alpha value is -2.58. The Morgan fingerprint density at radius 2 is 2.00 bits per heavy atom. The van der Waals surface area contributed by atoms with Gasteiger partial charge in [-0.1, -0.05) is 23.6 Å². The van der Waals surface area contributed by atoms with Crippen LogP contribution in [0, 0.1) is 11.8 Å². The summed E-state index contributed by atoms with van der Waals surface area (Å²) >= 11 is 5.95. The van der Waals surface area contributed by atoms with Gasteiger partial charge in [-0.25, -0.2) is 4.79 Å². The van der Waals surface area contributed by atoms with Crippen molar-refractivity contribution in [3.63, 3.8) is 0 Å². The highest BCUT2D eigenvalue weighted by atomic mass is 35.5. The number of amides is 2. The quantitative estimate of drug-likeness (QED) is 0.771. The smallest absolute Gasteiger partial charge is 0.320 e. The number of nitrogens with one attached hydrogen (secondary N) is 2. The van der Waals surface area contributed by atoms with E-state index in [1.807, 2.05) is 57.3 Å². The van der Waals surface area contributed by atoms with Crippen LogP contribution >= 0.6 is 11.6 Å². The first-order valence-corrected chi connectivity index (χ1v) is 8.01. The number of carbonyl (C=O) groups excluding carboxylic acids is 1. The van der Waals surface area contributed by atoms with Gasteiger partial charge in [-0.15, -0.1) is 0 Å². The van der Waals surface area contributed by atoms with Crippen LogP contribution in [0.1, 0.15) is 19.4 Å². The number of nitrogens with zero attached hydrogens (tertiary/aromatic N) is 2. The summed E-state index contributed by atoms with van der Waals surface area (Å²) < 4.78 is 0. The average molecular weight is 343 g/mol. The summed E-state index contributed by atoms with van der Waals surface area (Å²) in [5, 5.41) is 0.659. The van der Waals surface area contributed by atoms with Gasteiger partial charge in [-0.3, -0.25) is 15.8 Å². The average Bonchev–Trinajstić information content (AvgIpc) is 2.77. The number of hydrogen-bond acceptors (Lipinski definition) is 3. The minimum Gasteiger partial charge on any atom is -0.320 e. The molecule has 0 aliphatic carbocycles. The van der Waals surface area contributed by atoms with Crippen LogP contribution in [-0.2, 0) is 0 Å². The first-order valence-electron chi connectivity index (χ1n) is 7.64. The lowest BCUT2D eigenvalue weighted by Gasteiger charge is -2.25. The number of allylic oxidation sites excluding steroid dienone is 3. The maximum atomic E-state index is 12.3. The van der Waals surface area contributed by atoms with Crippen LogP contribution in [0.15, 0.2) is 47.9 Å². The Morgan fingerprint density at radius 3 is 2.58 bits per heavy atom. The molecule has 24 heavy (non-hydrogen) atoms. The third-order valence-corrected chi connectivity index (χ3v) is 4.40. The minimum absolute atomic E-state index is 0.0255. The molecule has 5 nitrogen and oxygen atoms in total. The van der Waals surface area contributed by atoms with Gasteiger partial charge in [0.2, 0.25) is 0 Å². The molecular weight excluding hydrogens is 324 g/mol. The van der Waals surface area contributed by atoms with Crippen LogP contribution in [-0.4, -0.2) is 35.0 Å². The third kappa shape index (κ3) is 3.19. The Labute approximate surface area is 146 Å². The highest BCUT2D eigenvalue weighted by Crippen LogP contribution is 2.26. The van der Waals surface area contributed by atoms with Crippen LogP contribution in [0.5, 0.6) is 0 Å². The van der Waals surface area contributed by atoms with Gasteiger partial charge in [0.1, 0.15) is 11.5 Å². The first-order chi connectivity index (χ1) is 11.4. The summed E-state index contributed by atoms with van der Waals surface area (Å²) in [6.07, 6.45) is 3.70. The van der Waals surface area contributed by atoms with Crippen LogP contribution in [0.4, 0.5) is 4.79 Å². The van der Waals surface area contributed by atoms with Gasteiger partial charge in [0.25, 0.3) is 0 Å². The van der Waals surface area contributed by atoms with E-state index in [-0.39, 0.29) is 11.6 Å². The molecule has 1 saturated heterocycles. The van der Waals surface area contributed by atoms with Gasteiger partial charge in [-0.05, 0) is 50.1 Å². The van der Waals surface area contributed by atoms with Gasteiger partial charge in [-0.2, -0.15) is 0 Å². The lowest BCUT2D eigenvalue weighted by Crippen LogP contribution is -2.42. The second kappa shape index (κ2) is 6.14. The lowest BCUT2D eigenvalue weighted by atomic mass is 10.1. The maximum Gasteiger partial charge on any atom is 0.325 e. The molecule has 0 aromatic heterocycles. The van der Waals surface area contributed by atoms with Gasteiger partial charge >= 0.3 is 6.03 Å². The first kappa shape index (κ1) is 16.3. The minimum atomic E-state index is -0.198. The van der Waals surface area contributed by atoms with E-state index >= 15 is 0 Å². The molecule has 0 spiro atoms. The molecule has 0 unspecified atom stereocenters. The zero-order chi connectivity index (χ0) is 17.3. The van der Waals surface area contributed by atoms with Crippen LogP contribution < -0.4 is 10.9 Å². The summed E-state index contributed by atoms with van der Waals surface area (Å²) in [4.78, 5) is 15.8. The number of rotatable bonds is 1. The number of hydrazine groups is 1. The van der Waals surface area contributed by atoms with Crippen molar-refractivity contribution in [2.75, 3.05) is 13.6 Å². The van der Waals surface area contributed by atoms with Crippen LogP contribution in [0.2, 0.25) is 5.02 Å². The number of urea groups is 1. The monoisotopic (exact) mass is 342 g/mol. The second-order valence-electron chi connectivity index (χ2n) is 6.38. The van der Waals surface area contributed by atoms with E-state index in [1.165, 1.54) is 0 Å². The van der Waals surface area contributed by atoms with Crippen molar-refractivity contribution in [2.24, 2.45) is 0 Å². The van der Waals surface area contributed by atoms with Gasteiger partial charge in [0.05, 0.1) is 12.1 Å². The predicted octanol–water partition coefficient (Wildman–Crippen LogP) is 2.67. The van der Waals surface area contributed by atoms with E-state index in [0.717, 1.165) is 11.3 Å². The molecule has 2 aliphatic rings. The van der Waals surface area contributed by atoms with Crippen molar-refractivity contribution >= 4 is 17.6 Å². The molecule has 0 bridgehead atoms. The maximum absolute atomic E-state index is 12.3. The summed E-state index contributed by atoms with van der Waals surface area (Å²) in [5.74, 6) is 6.79. The number of hydrogen-bond donors (Lipinski definition) is 2. The van der Waals surface area contributed by atoms with Crippen molar-refractivity contribution < 1.29 is 4.79 Å². The molecule has 1 fully saturated rings. The predicted molar refractivity (Wildman–Crippen MR) is 94.7 cm³/mol. The third-order valence-electron chi connectivity index (χ3n) is 4.16. The molecule has 2 amide bonds. The fourth-order valence-electron chi connectivity index (χ4n) is 2.50. The van der Waals surface area contributed by atoms with E-state index in [1.54, 1.807) is 9.80 Å². The molecule has 1 aromatic carbocycles. The van der Waals surface area contributed by atoms with Gasteiger partial charge in [0, 0.05) is 17.6 Å². The Balaban J connectivity index is 1.75. The number of benzene rings is 1. The van der Waals surface area contributed by atoms with Crippen molar-refractivity contribution in [1.29, 1.82) is 0 Å². The van der Waals surface area contributed by atoms with E-state index < -0.39 is 0 Å². The van der Waals surface area contributed by atoms with Crippen molar-refractivity contribution in [1.82, 2.24) is 20.7 Å². The molecule has 0 saturated carbocycles. The number of carbonyl (C=O) groups is 1. The van der Waals surface area contributed by atoms with E-state index in [2.05, 4.69) is 22.7 Å². The molecular formula is C18H19ClN4O. The lowest BCUT2D eigenvalue weighted by molar-refractivity contribution is 0.189. The Kier molecular flexibility index (Phi) is 4.16. The molecule has 2 aliphatic heterocycles. The van der Waals surface area contributed by atoms with Crippen molar-refractivity contribution in [3.05, 3.63) is 58.5 Å². The van der Waals surface area contributed by atoms with E-state index in [9.17, 15) is 4.79 Å². The topological polar surface area (TPSA) is 47.6 Å². The van der Waals surface area contributed by atoms with Crippen LogP contribution in [0.3, 0.4) is 0 Å². The largest absolute Gasteiger partial charge is 0.325 e. The van der Waals surface area contributed by atoms with E-state index in [4.69, 9.17) is 11.6 Å². The van der Waals surface area contributed by atoms with Crippen molar-refractivity contribution in [3.8, 4) is 11.8 Å². The van der Waals surface area contributed by atoms with Crippen molar-refractivity contribution in [2.45, 2.75) is 19.4 Å². The molecule has 0 atom stereocenters. The zero-order valence-corrected chi connectivity index (χ0v) is 14.6. The van der Waals surface area contributed by atoms with Gasteiger partial charge < -0.3 is 4.90 Å². The van der Waals surface area contributed by atoms with Gasteiger partial charge in [0.15, 0.2) is 0 Å². The number of likely N-dealkylation sites (N-methyl/N-ethyl adjacent to an activating group) is 1. The zero-order valence-electron chi connectivity index (χ0n) is 13.9. The highest BCUT2D eigenvalue weighted by molar-refractivity contribution is 6.30. The number of halogens is 1. The molecule has 2 N–H and O–H groups in total. The van der Waals surface area contributed by atoms with E-state index in [0.29, 0.717) is 17.4 Å². The normalized spacial score (nSPS) is 18.9. The molecule has 3 rings (SSSR count). The molecule has 0 radical (unpaired) electrons. The molecule has 2 heterocycles. The summed E-state index contributed by atoms with van der Waals surface area (Å²) in [5.41, 5.74) is 7.43. The fourth-order valence-corrected chi connectivity index (χ4v) is 2.69. The Morgan fingerprint density at radius 1 is 1.21 bits per heavy atom. The molecule has 1 aromatic rings. The fraction of sp³-hybridized carbons (Fsp3) is 0.278. The SMILES string of the molecule is CN1C(=O)N(C2=CC=C(C#Cc3cccc(Cl)c3)NN2)CC1(C)C. The summed E-state index contributed by atoms with van der Waals surface area (Å²) in [6.45, 7) is 4.71. The van der Waals surface area contributed by atoms with Crippen LogP contribution in [0.25, 0.3) is 0 Å². The molecule has 124 valence electrons. The Bertz CT molecular complexity index is 801. The standard InChI is InChI=1S/C18H19ClN4O/c1-18(2)12-23(17(24)22(18)3)16-10-9-15(20-21-16)8-7-13-5-4-6-14(19)11-13/h4-6,9-11,20-21H,12H2,1-3H3. The molecule has 6 heteroatoms. The highest BCUT2D eigenvalue weighted by Gasteiger charge is 2.42. The summed E-state index contributed by atoms with van der Waals surface area (Å²) in [7, 11) is 1.82. The summed E-state index contributed by atoms with van der Waals surface area (Å²) in [6, 6.07) is 7.36.